The van der Waals surface area contributed by atoms with Crippen LogP contribution in [0.1, 0.15) is 37.8 Å². The number of rotatable bonds is 3. The van der Waals surface area contributed by atoms with Gasteiger partial charge in [0.1, 0.15) is 0 Å². The number of hydrogen-bond donors (Lipinski definition) is 1. The first kappa shape index (κ1) is 13.0. The second-order valence-corrected chi connectivity index (χ2v) is 6.26. The van der Waals surface area contributed by atoms with Crippen LogP contribution in [0.4, 0.5) is 5.69 Å². The van der Waals surface area contributed by atoms with E-state index >= 15 is 0 Å². The molecule has 19 heavy (non-hydrogen) atoms. The molecule has 0 aliphatic carbocycles. The first-order valence-electron chi connectivity index (χ1n) is 7.84. The van der Waals surface area contributed by atoms with Gasteiger partial charge in [0.25, 0.3) is 0 Å². The molecule has 0 atom stereocenters. The molecule has 1 aromatic carbocycles. The molecule has 2 nitrogen and oxygen atoms in total. The highest BCUT2D eigenvalue weighted by molar-refractivity contribution is 5.60. The topological polar surface area (TPSA) is 15.3 Å². The monoisotopic (exact) mass is 258 g/mol. The SMILES string of the molecule is CCc1cccc(CC)c1N1CCCC2(CNC2)C1. The second-order valence-electron chi connectivity index (χ2n) is 6.26. The lowest BCUT2D eigenvalue weighted by Crippen LogP contribution is -2.61. The third-order valence-corrected chi connectivity index (χ3v) is 4.94. The van der Waals surface area contributed by atoms with E-state index in [-0.39, 0.29) is 0 Å². The number of benzene rings is 1. The largest absolute Gasteiger partial charge is 0.370 e. The summed E-state index contributed by atoms with van der Waals surface area (Å²) in [5.41, 5.74) is 5.19. The molecule has 0 amide bonds. The molecule has 1 N–H and O–H groups in total. The summed E-state index contributed by atoms with van der Waals surface area (Å²) < 4.78 is 0. The summed E-state index contributed by atoms with van der Waals surface area (Å²) in [6.07, 6.45) is 5.05. The summed E-state index contributed by atoms with van der Waals surface area (Å²) in [5, 5.41) is 3.47. The zero-order valence-corrected chi connectivity index (χ0v) is 12.3. The van der Waals surface area contributed by atoms with Crippen LogP contribution in [0.2, 0.25) is 0 Å². The van der Waals surface area contributed by atoms with Crippen molar-refractivity contribution < 1.29 is 0 Å². The van der Waals surface area contributed by atoms with Gasteiger partial charge in [0.15, 0.2) is 0 Å². The Labute approximate surface area is 117 Å². The molecule has 1 aromatic rings. The maximum Gasteiger partial charge on any atom is 0.0431 e. The van der Waals surface area contributed by atoms with E-state index in [9.17, 15) is 0 Å². The quantitative estimate of drug-likeness (QED) is 0.896. The highest BCUT2D eigenvalue weighted by atomic mass is 15.2. The molecule has 0 saturated carbocycles. The van der Waals surface area contributed by atoms with Gasteiger partial charge in [-0.2, -0.15) is 0 Å². The minimum Gasteiger partial charge on any atom is -0.370 e. The van der Waals surface area contributed by atoms with Crippen molar-refractivity contribution in [3.8, 4) is 0 Å². The number of nitrogens with one attached hydrogen (secondary N) is 1. The van der Waals surface area contributed by atoms with Crippen LogP contribution < -0.4 is 10.2 Å². The summed E-state index contributed by atoms with van der Waals surface area (Å²) in [6, 6.07) is 6.86. The Bertz CT molecular complexity index is 426. The standard InChI is InChI=1S/C17H26N2/c1-3-14-7-5-8-15(4-2)16(14)19-10-6-9-17(13-19)11-18-12-17/h5,7-8,18H,3-4,6,9-13H2,1-2H3. The van der Waals surface area contributed by atoms with Crippen LogP contribution in [0.25, 0.3) is 0 Å². The molecule has 2 heterocycles. The third-order valence-electron chi connectivity index (χ3n) is 4.94. The molecule has 1 spiro atoms. The Balaban J connectivity index is 1.92. The summed E-state index contributed by atoms with van der Waals surface area (Å²) >= 11 is 0. The van der Waals surface area contributed by atoms with Gasteiger partial charge in [-0.05, 0) is 36.8 Å². The fourth-order valence-corrected chi connectivity index (χ4v) is 3.79. The minimum absolute atomic E-state index is 0.574. The van der Waals surface area contributed by atoms with Gasteiger partial charge in [-0.15, -0.1) is 0 Å². The molecule has 104 valence electrons. The minimum atomic E-state index is 0.574. The Morgan fingerprint density at radius 1 is 1.16 bits per heavy atom. The fourth-order valence-electron chi connectivity index (χ4n) is 3.79. The molecule has 2 heteroatoms. The molecular weight excluding hydrogens is 232 g/mol. The smallest absolute Gasteiger partial charge is 0.0431 e. The average molecular weight is 258 g/mol. The summed E-state index contributed by atoms with van der Waals surface area (Å²) in [7, 11) is 0. The van der Waals surface area contributed by atoms with Crippen molar-refractivity contribution >= 4 is 5.69 Å². The van der Waals surface area contributed by atoms with E-state index in [4.69, 9.17) is 0 Å². The van der Waals surface area contributed by atoms with Gasteiger partial charge < -0.3 is 10.2 Å². The van der Waals surface area contributed by atoms with Crippen molar-refractivity contribution in [2.24, 2.45) is 5.41 Å². The molecule has 0 aromatic heterocycles. The Hall–Kier alpha value is -1.02. The molecule has 2 saturated heterocycles. The Kier molecular flexibility index (Phi) is 3.53. The number of nitrogens with zero attached hydrogens (tertiary/aromatic N) is 1. The lowest BCUT2D eigenvalue weighted by Gasteiger charge is -2.50. The predicted octanol–water partition coefficient (Wildman–Crippen LogP) is 3.00. The maximum absolute atomic E-state index is 3.47. The van der Waals surface area contributed by atoms with Crippen LogP contribution in [-0.4, -0.2) is 26.2 Å². The average Bonchev–Trinajstić information content (AvgIpc) is 2.44. The molecular formula is C17H26N2. The van der Waals surface area contributed by atoms with Crippen molar-refractivity contribution in [1.29, 1.82) is 0 Å². The number of para-hydroxylation sites is 1. The molecule has 3 rings (SSSR count). The van der Waals surface area contributed by atoms with Crippen molar-refractivity contribution in [3.63, 3.8) is 0 Å². The zero-order valence-electron chi connectivity index (χ0n) is 12.3. The first-order chi connectivity index (χ1) is 9.28. The van der Waals surface area contributed by atoms with Crippen LogP contribution >= 0.6 is 0 Å². The number of anilines is 1. The summed E-state index contributed by atoms with van der Waals surface area (Å²) in [6.45, 7) is 9.50. The van der Waals surface area contributed by atoms with Crippen LogP contribution in [0.5, 0.6) is 0 Å². The van der Waals surface area contributed by atoms with Gasteiger partial charge in [-0.3, -0.25) is 0 Å². The Morgan fingerprint density at radius 2 is 1.84 bits per heavy atom. The van der Waals surface area contributed by atoms with Gasteiger partial charge in [-0.25, -0.2) is 0 Å². The summed E-state index contributed by atoms with van der Waals surface area (Å²) in [5.74, 6) is 0. The van der Waals surface area contributed by atoms with E-state index in [1.54, 1.807) is 5.69 Å². The highest BCUT2D eigenvalue weighted by Crippen LogP contribution is 2.38. The lowest BCUT2D eigenvalue weighted by molar-refractivity contribution is 0.138. The van der Waals surface area contributed by atoms with E-state index in [0.29, 0.717) is 5.41 Å². The fraction of sp³-hybridized carbons (Fsp3) is 0.647. The highest BCUT2D eigenvalue weighted by Gasteiger charge is 2.41. The normalized spacial score (nSPS) is 21.5. The van der Waals surface area contributed by atoms with Gasteiger partial charge >= 0.3 is 0 Å². The lowest BCUT2D eigenvalue weighted by atomic mass is 9.74. The van der Waals surface area contributed by atoms with E-state index in [1.807, 2.05) is 0 Å². The van der Waals surface area contributed by atoms with Gasteiger partial charge in [-0.1, -0.05) is 32.0 Å². The van der Waals surface area contributed by atoms with Crippen molar-refractivity contribution in [2.75, 3.05) is 31.1 Å². The van der Waals surface area contributed by atoms with Crippen LogP contribution in [0, 0.1) is 5.41 Å². The first-order valence-corrected chi connectivity index (χ1v) is 7.84. The Morgan fingerprint density at radius 3 is 2.37 bits per heavy atom. The van der Waals surface area contributed by atoms with Crippen LogP contribution in [0.15, 0.2) is 18.2 Å². The van der Waals surface area contributed by atoms with Crippen LogP contribution in [0.3, 0.4) is 0 Å². The predicted molar refractivity (Wildman–Crippen MR) is 81.9 cm³/mol. The summed E-state index contributed by atoms with van der Waals surface area (Å²) in [4.78, 5) is 2.68. The maximum atomic E-state index is 3.47. The van der Waals surface area contributed by atoms with Gasteiger partial charge in [0.05, 0.1) is 0 Å². The molecule has 2 fully saturated rings. The van der Waals surface area contributed by atoms with Crippen molar-refractivity contribution in [3.05, 3.63) is 29.3 Å². The van der Waals surface area contributed by atoms with Gasteiger partial charge in [0, 0.05) is 37.3 Å². The van der Waals surface area contributed by atoms with E-state index < -0.39 is 0 Å². The zero-order chi connectivity index (χ0) is 13.3. The van der Waals surface area contributed by atoms with Crippen molar-refractivity contribution in [1.82, 2.24) is 5.32 Å². The molecule has 0 unspecified atom stereocenters. The van der Waals surface area contributed by atoms with Crippen LogP contribution in [-0.2, 0) is 12.8 Å². The molecule has 0 bridgehead atoms. The van der Waals surface area contributed by atoms with E-state index in [2.05, 4.69) is 42.3 Å². The third kappa shape index (κ3) is 2.27. The van der Waals surface area contributed by atoms with Gasteiger partial charge in [0.2, 0.25) is 0 Å². The van der Waals surface area contributed by atoms with E-state index in [1.165, 1.54) is 50.1 Å². The molecule has 2 aliphatic heterocycles. The van der Waals surface area contributed by atoms with E-state index in [0.717, 1.165) is 12.8 Å². The number of hydrogen-bond acceptors (Lipinski definition) is 2. The number of piperidine rings is 1. The second kappa shape index (κ2) is 5.16. The molecule has 2 aliphatic rings. The van der Waals surface area contributed by atoms with Crippen molar-refractivity contribution in [2.45, 2.75) is 39.5 Å². The molecule has 0 radical (unpaired) electrons. The number of aryl methyl sites for hydroxylation is 2.